The van der Waals surface area contributed by atoms with Gasteiger partial charge in [0.25, 0.3) is 0 Å². The molecule has 2 saturated heterocycles. The number of hydrogen-bond acceptors (Lipinski definition) is 7. The second-order valence-corrected chi connectivity index (χ2v) is 12.4. The number of amides is 1. The minimum atomic E-state index is -0.517. The molecule has 2 fully saturated rings. The fraction of sp³-hybridized carbons (Fsp3) is 0.325. The number of rotatable bonds is 12. The number of carbonyl (C=O) groups is 1. The Hall–Kier alpha value is -4.31. The Morgan fingerprint density at radius 2 is 1.52 bits per heavy atom. The number of piperazine rings is 1. The average molecular weight is 648 g/mol. The van der Waals surface area contributed by atoms with Gasteiger partial charge in [0.15, 0.2) is 6.29 Å². The molecule has 0 bridgehead atoms. The first-order chi connectivity index (χ1) is 23.6. The van der Waals surface area contributed by atoms with Gasteiger partial charge in [-0.3, -0.25) is 9.80 Å². The van der Waals surface area contributed by atoms with Crippen LogP contribution in [0, 0.1) is 0 Å². The van der Waals surface area contributed by atoms with Crippen LogP contribution in [0.25, 0.3) is 11.1 Å². The van der Waals surface area contributed by atoms with Crippen LogP contribution in [0.2, 0.25) is 0 Å². The Labute approximate surface area is 283 Å². The van der Waals surface area contributed by atoms with Crippen molar-refractivity contribution in [2.24, 2.45) is 0 Å². The van der Waals surface area contributed by atoms with Crippen LogP contribution in [0.3, 0.4) is 0 Å². The van der Waals surface area contributed by atoms with Gasteiger partial charge in [-0.1, -0.05) is 116 Å². The third-order valence-corrected chi connectivity index (χ3v) is 9.06. The van der Waals surface area contributed by atoms with Crippen molar-refractivity contribution in [2.45, 2.75) is 44.6 Å². The quantitative estimate of drug-likeness (QED) is 0.167. The van der Waals surface area contributed by atoms with Gasteiger partial charge in [0.1, 0.15) is 6.61 Å². The number of carbonyl (C=O) groups excluding carboxylic acids is 1. The van der Waals surface area contributed by atoms with Crippen molar-refractivity contribution in [3.8, 4) is 11.1 Å². The monoisotopic (exact) mass is 647 g/mol. The first-order valence-corrected chi connectivity index (χ1v) is 16.8. The summed E-state index contributed by atoms with van der Waals surface area (Å²) in [4.78, 5) is 17.1. The number of benzene rings is 4. The van der Waals surface area contributed by atoms with E-state index < -0.39 is 12.4 Å². The van der Waals surface area contributed by atoms with Gasteiger partial charge in [-0.05, 0) is 33.4 Å². The molecular formula is C40H45N3O5. The zero-order valence-electron chi connectivity index (χ0n) is 27.4. The molecule has 48 heavy (non-hydrogen) atoms. The van der Waals surface area contributed by atoms with Gasteiger partial charge in [0, 0.05) is 57.8 Å². The molecule has 0 spiro atoms. The van der Waals surface area contributed by atoms with E-state index in [1.807, 2.05) is 30.3 Å². The number of alkyl carbamates (subject to hydrolysis) is 1. The molecule has 8 nitrogen and oxygen atoms in total. The van der Waals surface area contributed by atoms with Crippen LogP contribution in [0.15, 0.2) is 116 Å². The predicted molar refractivity (Wildman–Crippen MR) is 187 cm³/mol. The van der Waals surface area contributed by atoms with E-state index in [1.54, 1.807) is 6.08 Å². The van der Waals surface area contributed by atoms with Crippen LogP contribution in [0.4, 0.5) is 4.79 Å². The normalized spacial score (nSPS) is 20.2. The highest BCUT2D eigenvalue weighted by Crippen LogP contribution is 2.39. The number of nitrogens with zero attached hydrogens (tertiary/aromatic N) is 2. The molecule has 3 unspecified atom stereocenters. The molecule has 2 N–H and O–H groups in total. The summed E-state index contributed by atoms with van der Waals surface area (Å²) in [7, 11) is 0. The van der Waals surface area contributed by atoms with Crippen LogP contribution in [0.5, 0.6) is 0 Å². The van der Waals surface area contributed by atoms with Crippen molar-refractivity contribution in [1.29, 1.82) is 0 Å². The number of aliphatic hydroxyl groups is 1. The predicted octanol–water partition coefficient (Wildman–Crippen LogP) is 6.62. The standard InChI is InChI=1S/C40H45N3O5/c1-2-24-46-40(45)41-26-35-10-6-7-11-37(35)32-16-18-34(19-17-32)39-47-36(25-38(48-39)33-14-12-31(29-44)13-15-33)28-43-22-20-42(21-23-43)27-30-8-4-3-5-9-30/h2-19,36,38-39,44H,1,20-29H2,(H,41,45). The van der Waals surface area contributed by atoms with Crippen LogP contribution in [-0.2, 0) is 33.9 Å². The van der Waals surface area contributed by atoms with Crippen molar-refractivity contribution in [3.63, 3.8) is 0 Å². The minimum Gasteiger partial charge on any atom is -0.445 e. The van der Waals surface area contributed by atoms with Gasteiger partial charge >= 0.3 is 6.09 Å². The zero-order valence-corrected chi connectivity index (χ0v) is 27.4. The van der Waals surface area contributed by atoms with E-state index in [9.17, 15) is 9.90 Å². The first-order valence-electron chi connectivity index (χ1n) is 16.8. The second-order valence-electron chi connectivity index (χ2n) is 12.4. The number of nitrogens with one attached hydrogen (secondary N) is 1. The van der Waals surface area contributed by atoms with E-state index in [0.717, 1.165) is 79.1 Å². The molecule has 0 saturated carbocycles. The summed E-state index contributed by atoms with van der Waals surface area (Å²) in [6.07, 6.45) is 1.17. The highest BCUT2D eigenvalue weighted by atomic mass is 16.7. The molecule has 0 aromatic heterocycles. The number of aliphatic hydroxyl groups excluding tert-OH is 1. The summed E-state index contributed by atoms with van der Waals surface area (Å²) in [5.41, 5.74) is 7.33. The van der Waals surface area contributed by atoms with Gasteiger partial charge in [-0.2, -0.15) is 0 Å². The van der Waals surface area contributed by atoms with Crippen molar-refractivity contribution in [1.82, 2.24) is 15.1 Å². The SMILES string of the molecule is C=CCOC(=O)NCc1ccccc1-c1ccc(C2OC(CN3CCN(Cc4ccccc4)CC3)CC(c3ccc(CO)cc3)O2)cc1. The number of ether oxygens (including phenoxy) is 3. The zero-order chi connectivity index (χ0) is 33.1. The fourth-order valence-electron chi connectivity index (χ4n) is 6.42. The van der Waals surface area contributed by atoms with Gasteiger partial charge in [0.05, 0.1) is 18.8 Å². The topological polar surface area (TPSA) is 83.5 Å². The first kappa shape index (κ1) is 33.6. The Morgan fingerprint density at radius 3 is 2.25 bits per heavy atom. The van der Waals surface area contributed by atoms with E-state index in [-0.39, 0.29) is 25.4 Å². The minimum absolute atomic E-state index is 0.000681. The van der Waals surface area contributed by atoms with E-state index >= 15 is 0 Å². The third-order valence-electron chi connectivity index (χ3n) is 9.06. The van der Waals surface area contributed by atoms with E-state index in [4.69, 9.17) is 14.2 Å². The molecule has 2 aliphatic rings. The Bertz CT molecular complexity index is 1600. The lowest BCUT2D eigenvalue weighted by molar-refractivity contribution is -0.253. The molecule has 1 amide bonds. The molecule has 0 radical (unpaired) electrons. The lowest BCUT2D eigenvalue weighted by Crippen LogP contribution is -2.49. The second kappa shape index (κ2) is 16.7. The van der Waals surface area contributed by atoms with Gasteiger partial charge < -0.3 is 24.6 Å². The summed E-state index contributed by atoms with van der Waals surface area (Å²) >= 11 is 0. The summed E-state index contributed by atoms with van der Waals surface area (Å²) < 4.78 is 18.4. The smallest absolute Gasteiger partial charge is 0.407 e. The Morgan fingerprint density at radius 1 is 0.833 bits per heavy atom. The largest absolute Gasteiger partial charge is 0.445 e. The molecule has 4 aromatic carbocycles. The molecular weight excluding hydrogens is 602 g/mol. The molecule has 3 atom stereocenters. The summed E-state index contributed by atoms with van der Waals surface area (Å²) in [6.45, 7) is 10.0. The van der Waals surface area contributed by atoms with Gasteiger partial charge in [0.2, 0.25) is 0 Å². The summed E-state index contributed by atoms with van der Waals surface area (Å²) in [6, 6.07) is 35.0. The van der Waals surface area contributed by atoms with Crippen molar-refractivity contribution < 1.29 is 24.1 Å². The maximum absolute atomic E-state index is 12.0. The Balaban J connectivity index is 1.14. The van der Waals surface area contributed by atoms with Crippen LogP contribution < -0.4 is 5.32 Å². The summed E-state index contributed by atoms with van der Waals surface area (Å²) in [5, 5.41) is 12.4. The van der Waals surface area contributed by atoms with Crippen molar-refractivity contribution >= 4 is 6.09 Å². The molecule has 4 aromatic rings. The molecule has 8 heteroatoms. The lowest BCUT2D eigenvalue weighted by atomic mass is 9.97. The van der Waals surface area contributed by atoms with Gasteiger partial charge in [-0.25, -0.2) is 4.79 Å². The molecule has 0 aliphatic carbocycles. The number of hydrogen-bond donors (Lipinski definition) is 2. The van der Waals surface area contributed by atoms with Crippen LogP contribution in [-0.4, -0.2) is 66.4 Å². The summed E-state index contributed by atoms with van der Waals surface area (Å²) in [5.74, 6) is 0. The van der Waals surface area contributed by atoms with E-state index in [2.05, 4.69) is 94.5 Å². The van der Waals surface area contributed by atoms with Crippen molar-refractivity contribution in [3.05, 3.63) is 144 Å². The highest BCUT2D eigenvalue weighted by Gasteiger charge is 2.34. The molecule has 2 aliphatic heterocycles. The highest BCUT2D eigenvalue weighted by molar-refractivity contribution is 5.70. The average Bonchev–Trinajstić information content (AvgIpc) is 3.14. The lowest BCUT2D eigenvalue weighted by Gasteiger charge is -2.40. The van der Waals surface area contributed by atoms with Crippen LogP contribution >= 0.6 is 0 Å². The van der Waals surface area contributed by atoms with Gasteiger partial charge in [-0.15, -0.1) is 0 Å². The van der Waals surface area contributed by atoms with E-state index in [0.29, 0.717) is 6.54 Å². The molecule has 6 rings (SSSR count). The fourth-order valence-corrected chi connectivity index (χ4v) is 6.42. The molecule has 250 valence electrons. The van der Waals surface area contributed by atoms with E-state index in [1.165, 1.54) is 5.56 Å². The Kier molecular flexibility index (Phi) is 11.7. The maximum atomic E-state index is 12.0. The van der Waals surface area contributed by atoms with Crippen LogP contribution in [0.1, 0.15) is 46.6 Å². The third kappa shape index (κ3) is 8.98. The maximum Gasteiger partial charge on any atom is 0.407 e. The molecule has 2 heterocycles. The van der Waals surface area contributed by atoms with Crippen molar-refractivity contribution in [2.75, 3.05) is 39.3 Å².